The van der Waals surface area contributed by atoms with E-state index in [4.69, 9.17) is 24.7 Å². The summed E-state index contributed by atoms with van der Waals surface area (Å²) in [6.07, 6.45) is -0.148. The number of aliphatic carboxylic acids is 1. The molecule has 12 nitrogen and oxygen atoms in total. The van der Waals surface area contributed by atoms with E-state index in [1.54, 1.807) is 66.5 Å². The van der Waals surface area contributed by atoms with Gasteiger partial charge in [0, 0.05) is 24.2 Å². The number of ether oxygens (including phenoxy) is 4. The molecule has 0 spiro atoms. The Morgan fingerprint density at radius 2 is 1.04 bits per heavy atom. The smallest absolute Gasteiger partial charge is 0.305 e. The molecule has 2 atom stereocenters. The Bertz CT molecular complexity index is 1770. The van der Waals surface area contributed by atoms with Gasteiger partial charge in [-0.05, 0) is 58.7 Å². The van der Waals surface area contributed by atoms with E-state index in [-0.39, 0.29) is 24.7 Å². The lowest BCUT2D eigenvalue weighted by Crippen LogP contribution is -2.32. The second-order valence-corrected chi connectivity index (χ2v) is 11.7. The van der Waals surface area contributed by atoms with E-state index in [0.29, 0.717) is 52.8 Å². The molecule has 12 heteroatoms. The van der Waals surface area contributed by atoms with Crippen LogP contribution in [0.3, 0.4) is 0 Å². The number of fused-ring (bicyclic) bond motifs is 2. The second-order valence-electron chi connectivity index (χ2n) is 11.7. The molecule has 50 heavy (non-hydrogen) atoms. The average molecular weight is 682 g/mol. The fraction of sp³-hybridized carbons (Fsp3) is 0.263. The summed E-state index contributed by atoms with van der Waals surface area (Å²) in [5.74, 6) is 0.481. The molecule has 0 saturated heterocycles. The number of hydrogen-bond acceptors (Lipinski definition) is 8. The Morgan fingerprint density at radius 3 is 1.40 bits per heavy atom. The predicted molar refractivity (Wildman–Crippen MR) is 183 cm³/mol. The molecular formula is C38H39N3O9. The van der Waals surface area contributed by atoms with Crippen molar-refractivity contribution in [2.24, 2.45) is 5.73 Å². The summed E-state index contributed by atoms with van der Waals surface area (Å²) < 4.78 is 21.1. The molecule has 4 aromatic rings. The molecule has 0 aromatic heterocycles. The number of nitrogens with two attached hydrogens (primary N) is 1. The summed E-state index contributed by atoms with van der Waals surface area (Å²) in [6.45, 7) is 0.836. The van der Waals surface area contributed by atoms with Crippen LogP contribution in [0.25, 0.3) is 0 Å². The molecule has 6 rings (SSSR count). The topological polar surface area (TPSA) is 158 Å². The molecule has 2 aliphatic heterocycles. The fourth-order valence-electron chi connectivity index (χ4n) is 6.35. The summed E-state index contributed by atoms with van der Waals surface area (Å²) >= 11 is 0. The van der Waals surface area contributed by atoms with E-state index in [0.717, 1.165) is 16.7 Å². The van der Waals surface area contributed by atoms with Crippen molar-refractivity contribution >= 4 is 23.7 Å². The van der Waals surface area contributed by atoms with Gasteiger partial charge >= 0.3 is 5.97 Å². The summed E-state index contributed by atoms with van der Waals surface area (Å²) in [5, 5.41) is 9.34. The zero-order valence-electron chi connectivity index (χ0n) is 28.3. The molecule has 0 bridgehead atoms. The minimum absolute atomic E-state index is 0.0369. The van der Waals surface area contributed by atoms with Gasteiger partial charge in [0.25, 0.3) is 11.8 Å². The standard InChI is InChI=1S/C19H20N2O4.C19H19NO5/c1-24-16-8-7-12(9-17(16)25-2)15(10-18(20)22)21-11-13-5-3-4-6-14(13)19(21)23;1-24-16-8-7-12(9-17(16)25-2)15(10-18(21)22)20-11-13-5-3-4-6-14(13)19(20)23/h3-9,15H,10-11H2,1-2H3,(H2,20,22);3-9,15H,10-11H2,1-2H3,(H,21,22)/t2*15-/m00/s1. The van der Waals surface area contributed by atoms with E-state index in [1.807, 2.05) is 42.5 Å². The highest BCUT2D eigenvalue weighted by Gasteiger charge is 2.36. The van der Waals surface area contributed by atoms with Crippen LogP contribution in [0.15, 0.2) is 84.9 Å². The summed E-state index contributed by atoms with van der Waals surface area (Å²) in [5.41, 5.74) is 10.1. The Morgan fingerprint density at radius 1 is 0.640 bits per heavy atom. The molecule has 3 N–H and O–H groups in total. The normalized spacial score (nSPS) is 14.2. The van der Waals surface area contributed by atoms with E-state index in [9.17, 15) is 24.3 Å². The minimum Gasteiger partial charge on any atom is -0.493 e. The first-order valence-electron chi connectivity index (χ1n) is 15.8. The number of methoxy groups -OCH3 is 4. The van der Waals surface area contributed by atoms with Crippen molar-refractivity contribution in [3.05, 3.63) is 118 Å². The SMILES string of the molecule is COc1ccc([C@H](CC(=O)O)N2Cc3ccccc3C2=O)cc1OC.COc1ccc([C@H](CC(N)=O)N2Cc3ccccc3C2=O)cc1OC. The fourth-order valence-corrected chi connectivity index (χ4v) is 6.35. The van der Waals surface area contributed by atoms with Crippen molar-refractivity contribution in [3.63, 3.8) is 0 Å². The van der Waals surface area contributed by atoms with Gasteiger partial charge in [-0.15, -0.1) is 0 Å². The lowest BCUT2D eigenvalue weighted by molar-refractivity contribution is -0.138. The van der Waals surface area contributed by atoms with Gasteiger partial charge in [-0.1, -0.05) is 48.5 Å². The number of carboxylic acids is 1. The van der Waals surface area contributed by atoms with Crippen LogP contribution in [0.4, 0.5) is 0 Å². The predicted octanol–water partition coefficient (Wildman–Crippen LogP) is 5.15. The van der Waals surface area contributed by atoms with Crippen molar-refractivity contribution in [2.75, 3.05) is 28.4 Å². The van der Waals surface area contributed by atoms with Gasteiger partial charge in [-0.25, -0.2) is 0 Å². The molecule has 2 aliphatic rings. The van der Waals surface area contributed by atoms with Crippen LogP contribution in [-0.4, -0.2) is 67.0 Å². The molecule has 260 valence electrons. The Labute approximate surface area is 289 Å². The zero-order valence-corrected chi connectivity index (χ0v) is 28.3. The molecular weight excluding hydrogens is 642 g/mol. The van der Waals surface area contributed by atoms with Crippen LogP contribution < -0.4 is 24.7 Å². The monoisotopic (exact) mass is 681 g/mol. The van der Waals surface area contributed by atoms with Gasteiger partial charge in [0.15, 0.2) is 23.0 Å². The van der Waals surface area contributed by atoms with Gasteiger partial charge in [-0.3, -0.25) is 19.2 Å². The van der Waals surface area contributed by atoms with E-state index in [2.05, 4.69) is 0 Å². The number of primary amides is 1. The highest BCUT2D eigenvalue weighted by atomic mass is 16.5. The quantitative estimate of drug-likeness (QED) is 0.206. The number of carbonyl (C=O) groups excluding carboxylic acids is 3. The first-order valence-corrected chi connectivity index (χ1v) is 15.8. The summed E-state index contributed by atoms with van der Waals surface area (Å²) in [7, 11) is 6.15. The Hall–Kier alpha value is -6.04. The van der Waals surface area contributed by atoms with Gasteiger partial charge in [0.2, 0.25) is 5.91 Å². The van der Waals surface area contributed by atoms with Gasteiger partial charge in [0.05, 0.1) is 53.4 Å². The van der Waals surface area contributed by atoms with Gasteiger partial charge in [0.1, 0.15) is 0 Å². The molecule has 0 unspecified atom stereocenters. The van der Waals surface area contributed by atoms with Gasteiger partial charge < -0.3 is 39.6 Å². The van der Waals surface area contributed by atoms with Crippen LogP contribution in [0.1, 0.15) is 67.9 Å². The number of nitrogens with zero attached hydrogens (tertiary/aromatic N) is 2. The van der Waals surface area contributed by atoms with Crippen molar-refractivity contribution in [3.8, 4) is 23.0 Å². The molecule has 0 fully saturated rings. The highest BCUT2D eigenvalue weighted by Crippen LogP contribution is 2.39. The summed E-state index contributed by atoms with van der Waals surface area (Å²) in [6, 6.07) is 24.3. The lowest BCUT2D eigenvalue weighted by Gasteiger charge is -2.28. The summed E-state index contributed by atoms with van der Waals surface area (Å²) in [4.78, 5) is 51.8. The van der Waals surface area contributed by atoms with Crippen LogP contribution in [-0.2, 0) is 22.7 Å². The van der Waals surface area contributed by atoms with Crippen LogP contribution in [0, 0.1) is 0 Å². The third-order valence-corrected chi connectivity index (χ3v) is 8.80. The molecule has 2 heterocycles. The molecule has 0 radical (unpaired) electrons. The van der Waals surface area contributed by atoms with E-state index < -0.39 is 24.0 Å². The first-order chi connectivity index (χ1) is 24.1. The molecule has 0 saturated carbocycles. The number of rotatable bonds is 12. The Kier molecular flexibility index (Phi) is 10.9. The number of amides is 3. The van der Waals surface area contributed by atoms with E-state index in [1.165, 1.54) is 14.2 Å². The lowest BCUT2D eigenvalue weighted by atomic mass is 10.0. The number of carbonyl (C=O) groups is 4. The van der Waals surface area contributed by atoms with Crippen LogP contribution >= 0.6 is 0 Å². The van der Waals surface area contributed by atoms with Crippen molar-refractivity contribution in [2.45, 2.75) is 38.0 Å². The molecule has 0 aliphatic carbocycles. The number of hydrogen-bond donors (Lipinski definition) is 2. The highest BCUT2D eigenvalue weighted by molar-refractivity contribution is 5.99. The maximum atomic E-state index is 12.8. The molecule has 4 aromatic carbocycles. The van der Waals surface area contributed by atoms with Crippen LogP contribution in [0.2, 0.25) is 0 Å². The van der Waals surface area contributed by atoms with Crippen LogP contribution in [0.5, 0.6) is 23.0 Å². The minimum atomic E-state index is -0.969. The van der Waals surface area contributed by atoms with Crippen molar-refractivity contribution in [1.29, 1.82) is 0 Å². The van der Waals surface area contributed by atoms with Crippen molar-refractivity contribution < 1.29 is 43.2 Å². The zero-order chi connectivity index (χ0) is 35.9. The molecule has 3 amide bonds. The van der Waals surface area contributed by atoms with E-state index >= 15 is 0 Å². The average Bonchev–Trinajstić information content (AvgIpc) is 3.64. The third-order valence-electron chi connectivity index (χ3n) is 8.80. The maximum Gasteiger partial charge on any atom is 0.305 e. The Balaban J connectivity index is 0.000000194. The van der Waals surface area contributed by atoms with Gasteiger partial charge in [-0.2, -0.15) is 0 Å². The first kappa shape index (κ1) is 35.3. The third kappa shape index (κ3) is 7.34. The van der Waals surface area contributed by atoms with Crippen molar-refractivity contribution in [1.82, 2.24) is 9.80 Å². The number of carboxylic acid groups (broad SMARTS) is 1. The number of benzene rings is 4. The largest absolute Gasteiger partial charge is 0.493 e. The second kappa shape index (κ2) is 15.5. The maximum absolute atomic E-state index is 12.8.